The monoisotopic (exact) mass is 286 g/mol. The number of aromatic nitrogens is 1. The molecule has 0 atom stereocenters. The summed E-state index contributed by atoms with van der Waals surface area (Å²) in [6.07, 6.45) is 3.84. The van der Waals surface area contributed by atoms with Crippen LogP contribution < -0.4 is 16.4 Å². The summed E-state index contributed by atoms with van der Waals surface area (Å²) in [7, 11) is 0. The number of aryl methyl sites for hydroxylation is 1. The predicted octanol–water partition coefficient (Wildman–Crippen LogP) is 2.22. The molecule has 0 radical (unpaired) electrons. The molecule has 5 heteroatoms. The predicted molar refractivity (Wildman–Crippen MR) is 87.2 cm³/mol. The summed E-state index contributed by atoms with van der Waals surface area (Å²) in [5.41, 5.74) is 14.0. The number of fused-ring (bicyclic) bond motifs is 1. The van der Waals surface area contributed by atoms with Crippen molar-refractivity contribution >= 4 is 28.1 Å². The summed E-state index contributed by atoms with van der Waals surface area (Å²) in [4.78, 5) is 17.7. The van der Waals surface area contributed by atoms with Gasteiger partial charge in [0.2, 0.25) is 5.91 Å². The lowest BCUT2D eigenvalue weighted by molar-refractivity contribution is -0.116. The van der Waals surface area contributed by atoms with Crippen molar-refractivity contribution in [1.29, 1.82) is 0 Å². The third kappa shape index (κ3) is 3.42. The van der Waals surface area contributed by atoms with Crippen LogP contribution in [0.2, 0.25) is 0 Å². The van der Waals surface area contributed by atoms with Gasteiger partial charge in [0.1, 0.15) is 0 Å². The van der Waals surface area contributed by atoms with Gasteiger partial charge < -0.3 is 16.4 Å². The molecular formula is C16H22N4O. The lowest BCUT2D eigenvalue weighted by atomic mass is 10.1. The van der Waals surface area contributed by atoms with Gasteiger partial charge in [0.25, 0.3) is 0 Å². The average Bonchev–Trinajstić information content (AvgIpc) is 2.43. The SMILES string of the molecule is CCCCN(CC(N)=O)c1ccc(N)c2cnc(C)cc12. The molecule has 0 unspecified atom stereocenters. The zero-order valence-corrected chi connectivity index (χ0v) is 12.6. The highest BCUT2D eigenvalue weighted by Gasteiger charge is 2.14. The highest BCUT2D eigenvalue weighted by atomic mass is 16.1. The van der Waals surface area contributed by atoms with E-state index < -0.39 is 0 Å². The summed E-state index contributed by atoms with van der Waals surface area (Å²) >= 11 is 0. The van der Waals surface area contributed by atoms with Crippen molar-refractivity contribution in [3.63, 3.8) is 0 Å². The number of benzene rings is 1. The summed E-state index contributed by atoms with van der Waals surface area (Å²) in [6.45, 7) is 5.06. The van der Waals surface area contributed by atoms with Gasteiger partial charge in [-0.15, -0.1) is 0 Å². The Balaban J connectivity index is 2.53. The van der Waals surface area contributed by atoms with Gasteiger partial charge in [-0.05, 0) is 31.5 Å². The van der Waals surface area contributed by atoms with Crippen molar-refractivity contribution in [2.45, 2.75) is 26.7 Å². The number of amides is 1. The second-order valence-corrected chi connectivity index (χ2v) is 5.29. The Bertz CT molecular complexity index is 654. The van der Waals surface area contributed by atoms with Crippen LogP contribution in [0.4, 0.5) is 11.4 Å². The van der Waals surface area contributed by atoms with E-state index in [9.17, 15) is 4.79 Å². The molecule has 0 saturated carbocycles. The molecule has 5 nitrogen and oxygen atoms in total. The number of carbonyl (C=O) groups is 1. The van der Waals surface area contributed by atoms with E-state index in [-0.39, 0.29) is 12.5 Å². The lowest BCUT2D eigenvalue weighted by Crippen LogP contribution is -2.34. The first-order valence-electron chi connectivity index (χ1n) is 7.21. The standard InChI is InChI=1S/C16H22N4O/c1-3-4-7-20(10-16(18)21)15-6-5-14(17)13-9-19-11(2)8-12(13)15/h5-6,8-9H,3-4,7,10,17H2,1-2H3,(H2,18,21). The summed E-state index contributed by atoms with van der Waals surface area (Å²) < 4.78 is 0. The highest BCUT2D eigenvalue weighted by molar-refractivity contribution is 6.01. The van der Waals surface area contributed by atoms with Gasteiger partial charge in [0, 0.05) is 40.6 Å². The van der Waals surface area contributed by atoms with Crippen LogP contribution in [0, 0.1) is 6.92 Å². The fourth-order valence-electron chi connectivity index (χ4n) is 2.45. The summed E-state index contributed by atoms with van der Waals surface area (Å²) in [5, 5.41) is 1.92. The van der Waals surface area contributed by atoms with Crippen LogP contribution in [0.15, 0.2) is 24.4 Å². The number of primary amides is 1. The molecule has 2 rings (SSSR count). The van der Waals surface area contributed by atoms with Crippen molar-refractivity contribution in [2.75, 3.05) is 23.7 Å². The van der Waals surface area contributed by atoms with E-state index in [0.29, 0.717) is 5.69 Å². The number of carbonyl (C=O) groups excluding carboxylic acids is 1. The smallest absolute Gasteiger partial charge is 0.236 e. The van der Waals surface area contributed by atoms with Gasteiger partial charge in [-0.3, -0.25) is 9.78 Å². The first kappa shape index (κ1) is 15.1. The largest absolute Gasteiger partial charge is 0.398 e. The highest BCUT2D eigenvalue weighted by Crippen LogP contribution is 2.31. The second-order valence-electron chi connectivity index (χ2n) is 5.29. The molecule has 4 N–H and O–H groups in total. The third-order valence-corrected chi connectivity index (χ3v) is 3.52. The molecular weight excluding hydrogens is 264 g/mol. The van der Waals surface area contributed by atoms with Crippen LogP contribution in [0.1, 0.15) is 25.5 Å². The number of hydrogen-bond acceptors (Lipinski definition) is 4. The molecule has 0 aliphatic carbocycles. The minimum absolute atomic E-state index is 0.209. The first-order chi connectivity index (χ1) is 10.0. The molecule has 1 heterocycles. The Morgan fingerprint density at radius 3 is 2.76 bits per heavy atom. The van der Waals surface area contributed by atoms with Gasteiger partial charge in [0.15, 0.2) is 0 Å². The van der Waals surface area contributed by atoms with Gasteiger partial charge in [0.05, 0.1) is 6.54 Å². The van der Waals surface area contributed by atoms with E-state index in [4.69, 9.17) is 11.5 Å². The number of nitrogens with two attached hydrogens (primary N) is 2. The van der Waals surface area contributed by atoms with Crippen LogP contribution in [0.3, 0.4) is 0 Å². The Morgan fingerprint density at radius 2 is 2.10 bits per heavy atom. The zero-order chi connectivity index (χ0) is 15.4. The third-order valence-electron chi connectivity index (χ3n) is 3.52. The number of nitrogens with zero attached hydrogens (tertiary/aromatic N) is 2. The van der Waals surface area contributed by atoms with Gasteiger partial charge in [-0.1, -0.05) is 13.3 Å². The molecule has 0 spiro atoms. The Morgan fingerprint density at radius 1 is 1.33 bits per heavy atom. The zero-order valence-electron chi connectivity index (χ0n) is 12.6. The maximum Gasteiger partial charge on any atom is 0.236 e. The van der Waals surface area contributed by atoms with Gasteiger partial charge in [-0.2, -0.15) is 0 Å². The molecule has 0 bridgehead atoms. The quantitative estimate of drug-likeness (QED) is 0.797. The maximum atomic E-state index is 11.4. The van der Waals surface area contributed by atoms with Crippen LogP contribution in [-0.2, 0) is 4.79 Å². The molecule has 1 aromatic carbocycles. The van der Waals surface area contributed by atoms with Gasteiger partial charge >= 0.3 is 0 Å². The number of unbranched alkanes of at least 4 members (excludes halogenated alkanes) is 1. The van der Waals surface area contributed by atoms with E-state index in [2.05, 4.69) is 11.9 Å². The summed E-state index contributed by atoms with van der Waals surface area (Å²) in [5.74, 6) is -0.332. The lowest BCUT2D eigenvalue weighted by Gasteiger charge is -2.25. The molecule has 1 amide bonds. The molecule has 112 valence electrons. The van der Waals surface area contributed by atoms with Crippen molar-refractivity contribution in [2.24, 2.45) is 5.73 Å². The molecule has 0 aliphatic heterocycles. The van der Waals surface area contributed by atoms with Crippen molar-refractivity contribution in [3.8, 4) is 0 Å². The minimum Gasteiger partial charge on any atom is -0.398 e. The van der Waals surface area contributed by atoms with Crippen molar-refractivity contribution in [3.05, 3.63) is 30.1 Å². The first-order valence-corrected chi connectivity index (χ1v) is 7.21. The van der Waals surface area contributed by atoms with Crippen LogP contribution in [0.25, 0.3) is 10.8 Å². The van der Waals surface area contributed by atoms with Crippen LogP contribution in [-0.4, -0.2) is 24.0 Å². The van der Waals surface area contributed by atoms with E-state index in [1.165, 1.54) is 0 Å². The normalized spacial score (nSPS) is 10.8. The number of hydrogen-bond donors (Lipinski definition) is 2. The molecule has 1 aromatic heterocycles. The molecule has 2 aromatic rings. The summed E-state index contributed by atoms with van der Waals surface area (Å²) in [6, 6.07) is 5.81. The maximum absolute atomic E-state index is 11.4. The fourth-order valence-corrected chi connectivity index (χ4v) is 2.45. The Hall–Kier alpha value is -2.30. The van der Waals surface area contributed by atoms with E-state index in [0.717, 1.165) is 41.5 Å². The van der Waals surface area contributed by atoms with Crippen molar-refractivity contribution in [1.82, 2.24) is 4.98 Å². The molecule has 0 saturated heterocycles. The van der Waals surface area contributed by atoms with E-state index in [1.54, 1.807) is 6.20 Å². The minimum atomic E-state index is -0.332. The molecule has 21 heavy (non-hydrogen) atoms. The average molecular weight is 286 g/mol. The van der Waals surface area contributed by atoms with E-state index in [1.807, 2.05) is 30.0 Å². The fraction of sp³-hybridized carbons (Fsp3) is 0.375. The molecule has 0 aliphatic rings. The van der Waals surface area contributed by atoms with E-state index >= 15 is 0 Å². The number of pyridine rings is 1. The molecule has 0 fully saturated rings. The Labute approximate surface area is 124 Å². The van der Waals surface area contributed by atoms with Crippen LogP contribution >= 0.6 is 0 Å². The van der Waals surface area contributed by atoms with Crippen LogP contribution in [0.5, 0.6) is 0 Å². The number of nitrogen functional groups attached to an aromatic ring is 1. The number of rotatable bonds is 6. The number of anilines is 2. The van der Waals surface area contributed by atoms with Crippen molar-refractivity contribution < 1.29 is 4.79 Å². The second kappa shape index (κ2) is 6.43. The topological polar surface area (TPSA) is 85.2 Å². The van der Waals surface area contributed by atoms with Gasteiger partial charge in [-0.25, -0.2) is 0 Å². The Kier molecular flexibility index (Phi) is 4.62.